The van der Waals surface area contributed by atoms with Gasteiger partial charge in [-0.2, -0.15) is 0 Å². The fraction of sp³-hybridized carbons (Fsp3) is 0.333. The number of nitrogens with zero attached hydrogens (tertiary/aromatic N) is 2. The molecule has 106 valence electrons. The van der Waals surface area contributed by atoms with Gasteiger partial charge in [-0.15, -0.1) is 0 Å². The van der Waals surface area contributed by atoms with Crippen molar-refractivity contribution in [3.63, 3.8) is 0 Å². The minimum atomic E-state index is 1.03. The lowest BCUT2D eigenvalue weighted by atomic mass is 10.2. The Bertz CT molecular complexity index is 434. The van der Waals surface area contributed by atoms with E-state index in [0.717, 1.165) is 25.9 Å². The molecule has 20 heavy (non-hydrogen) atoms. The van der Waals surface area contributed by atoms with Crippen LogP contribution >= 0.6 is 0 Å². The molecule has 0 saturated carbocycles. The van der Waals surface area contributed by atoms with Crippen LogP contribution in [0.3, 0.4) is 0 Å². The summed E-state index contributed by atoms with van der Waals surface area (Å²) in [5, 5.41) is 4.78. The molecule has 0 heterocycles. The number of hydrogen-bond donors (Lipinski definition) is 0. The molecule has 0 N–H and O–H groups in total. The van der Waals surface area contributed by atoms with E-state index in [2.05, 4.69) is 84.5 Å². The Labute approximate surface area is 122 Å². The van der Waals surface area contributed by atoms with Crippen LogP contribution in [0.5, 0.6) is 0 Å². The third-order valence-electron chi connectivity index (χ3n) is 3.27. The first-order valence-electron chi connectivity index (χ1n) is 7.52. The zero-order valence-corrected chi connectivity index (χ0v) is 12.5. The third kappa shape index (κ3) is 3.53. The monoisotopic (exact) mass is 268 g/mol. The standard InChI is InChI=1S/C18H24N2/c1-3-15-19(17-11-7-5-8-12-17)20(16-4-2)18-13-9-6-10-14-18/h5-14H,3-4,15-16H2,1-2H3. The molecule has 0 radical (unpaired) electrons. The molecule has 2 heteroatoms. The molecule has 2 rings (SSSR count). The van der Waals surface area contributed by atoms with Crippen molar-refractivity contribution in [3.05, 3.63) is 60.7 Å². The van der Waals surface area contributed by atoms with Crippen molar-refractivity contribution in [2.24, 2.45) is 0 Å². The molecule has 2 aromatic carbocycles. The lowest BCUT2D eigenvalue weighted by Gasteiger charge is -2.38. The van der Waals surface area contributed by atoms with Crippen LogP contribution in [0, 0.1) is 0 Å². The van der Waals surface area contributed by atoms with E-state index in [1.54, 1.807) is 0 Å². The summed E-state index contributed by atoms with van der Waals surface area (Å²) in [7, 11) is 0. The average Bonchev–Trinajstić information content (AvgIpc) is 2.52. The second-order valence-electron chi connectivity index (χ2n) is 4.92. The van der Waals surface area contributed by atoms with Gasteiger partial charge in [0, 0.05) is 13.1 Å². The zero-order valence-electron chi connectivity index (χ0n) is 12.5. The third-order valence-corrected chi connectivity index (χ3v) is 3.27. The molecular formula is C18H24N2. The van der Waals surface area contributed by atoms with E-state index >= 15 is 0 Å². The Balaban J connectivity index is 2.33. The number of anilines is 2. The predicted molar refractivity (Wildman–Crippen MR) is 88.2 cm³/mol. The molecule has 0 spiro atoms. The predicted octanol–water partition coefficient (Wildman–Crippen LogP) is 4.73. The van der Waals surface area contributed by atoms with Gasteiger partial charge in [-0.05, 0) is 37.1 Å². The molecule has 2 aromatic rings. The van der Waals surface area contributed by atoms with Crippen LogP contribution in [0.1, 0.15) is 26.7 Å². The van der Waals surface area contributed by atoms with Crippen molar-refractivity contribution in [2.45, 2.75) is 26.7 Å². The highest BCUT2D eigenvalue weighted by molar-refractivity contribution is 5.57. The Morgan fingerprint density at radius 2 is 0.950 bits per heavy atom. The SMILES string of the molecule is CCCN(c1ccccc1)N(CCC)c1ccccc1. The molecule has 0 aliphatic heterocycles. The van der Waals surface area contributed by atoms with Gasteiger partial charge in [0.05, 0.1) is 11.4 Å². The highest BCUT2D eigenvalue weighted by atomic mass is 15.6. The van der Waals surface area contributed by atoms with E-state index in [0.29, 0.717) is 0 Å². The maximum absolute atomic E-state index is 2.39. The van der Waals surface area contributed by atoms with Crippen LogP contribution in [0.25, 0.3) is 0 Å². The lowest BCUT2D eigenvalue weighted by Crippen LogP contribution is -2.44. The summed E-state index contributed by atoms with van der Waals surface area (Å²) >= 11 is 0. The Morgan fingerprint density at radius 1 is 0.600 bits per heavy atom. The molecule has 0 atom stereocenters. The smallest absolute Gasteiger partial charge is 0.0574 e. The first-order chi connectivity index (χ1) is 9.86. The normalized spacial score (nSPS) is 10.3. The van der Waals surface area contributed by atoms with Crippen LogP contribution < -0.4 is 10.0 Å². The van der Waals surface area contributed by atoms with Crippen molar-refractivity contribution in [1.82, 2.24) is 0 Å². The van der Waals surface area contributed by atoms with Crippen LogP contribution in [0.2, 0.25) is 0 Å². The largest absolute Gasteiger partial charge is 0.285 e. The lowest BCUT2D eigenvalue weighted by molar-refractivity contribution is 0.685. The van der Waals surface area contributed by atoms with Gasteiger partial charge in [0.15, 0.2) is 0 Å². The molecule has 0 aliphatic carbocycles. The van der Waals surface area contributed by atoms with Crippen LogP contribution in [0.15, 0.2) is 60.7 Å². The summed E-state index contributed by atoms with van der Waals surface area (Å²) in [6.07, 6.45) is 2.25. The van der Waals surface area contributed by atoms with Gasteiger partial charge in [-0.3, -0.25) is 10.0 Å². The first kappa shape index (κ1) is 14.4. The maximum atomic E-state index is 2.39. The van der Waals surface area contributed by atoms with Gasteiger partial charge in [0.1, 0.15) is 0 Å². The molecule has 0 aliphatic rings. The Morgan fingerprint density at radius 3 is 1.25 bits per heavy atom. The Hall–Kier alpha value is -1.96. The number of para-hydroxylation sites is 2. The molecular weight excluding hydrogens is 244 g/mol. The second kappa shape index (κ2) is 7.59. The summed E-state index contributed by atoms with van der Waals surface area (Å²) in [4.78, 5) is 0. The van der Waals surface area contributed by atoms with E-state index in [9.17, 15) is 0 Å². The molecule has 2 nitrogen and oxygen atoms in total. The van der Waals surface area contributed by atoms with Gasteiger partial charge in [0.25, 0.3) is 0 Å². The molecule has 0 aromatic heterocycles. The van der Waals surface area contributed by atoms with Gasteiger partial charge >= 0.3 is 0 Å². The van der Waals surface area contributed by atoms with E-state index in [-0.39, 0.29) is 0 Å². The van der Waals surface area contributed by atoms with E-state index < -0.39 is 0 Å². The number of hydrogen-bond acceptors (Lipinski definition) is 2. The van der Waals surface area contributed by atoms with E-state index in [4.69, 9.17) is 0 Å². The highest BCUT2D eigenvalue weighted by Gasteiger charge is 2.15. The molecule has 0 saturated heterocycles. The van der Waals surface area contributed by atoms with Gasteiger partial charge in [0.2, 0.25) is 0 Å². The van der Waals surface area contributed by atoms with Crippen molar-refractivity contribution in [1.29, 1.82) is 0 Å². The number of benzene rings is 2. The van der Waals surface area contributed by atoms with Gasteiger partial charge in [-0.25, -0.2) is 0 Å². The molecule has 0 unspecified atom stereocenters. The van der Waals surface area contributed by atoms with Crippen molar-refractivity contribution >= 4 is 11.4 Å². The fourth-order valence-corrected chi connectivity index (χ4v) is 2.40. The van der Waals surface area contributed by atoms with E-state index in [1.165, 1.54) is 11.4 Å². The quantitative estimate of drug-likeness (QED) is 0.669. The summed E-state index contributed by atoms with van der Waals surface area (Å²) < 4.78 is 0. The number of hydrazine groups is 1. The molecule has 0 fully saturated rings. The fourth-order valence-electron chi connectivity index (χ4n) is 2.40. The van der Waals surface area contributed by atoms with Crippen molar-refractivity contribution in [3.8, 4) is 0 Å². The van der Waals surface area contributed by atoms with Crippen LogP contribution in [0.4, 0.5) is 11.4 Å². The summed E-state index contributed by atoms with van der Waals surface area (Å²) in [6, 6.07) is 21.3. The highest BCUT2D eigenvalue weighted by Crippen LogP contribution is 2.23. The average molecular weight is 268 g/mol. The van der Waals surface area contributed by atoms with Crippen molar-refractivity contribution < 1.29 is 0 Å². The minimum Gasteiger partial charge on any atom is -0.285 e. The van der Waals surface area contributed by atoms with E-state index in [1.807, 2.05) is 0 Å². The molecule has 0 amide bonds. The first-order valence-corrected chi connectivity index (χ1v) is 7.52. The van der Waals surface area contributed by atoms with Crippen molar-refractivity contribution in [2.75, 3.05) is 23.1 Å². The maximum Gasteiger partial charge on any atom is 0.0574 e. The van der Waals surface area contributed by atoms with Gasteiger partial charge in [-0.1, -0.05) is 50.2 Å². The minimum absolute atomic E-state index is 1.03. The second-order valence-corrected chi connectivity index (χ2v) is 4.92. The van der Waals surface area contributed by atoms with Crippen LogP contribution in [-0.4, -0.2) is 13.1 Å². The molecule has 0 bridgehead atoms. The summed E-state index contributed by atoms with van der Waals surface area (Å²) in [5.41, 5.74) is 2.51. The summed E-state index contributed by atoms with van der Waals surface area (Å²) in [5.74, 6) is 0. The topological polar surface area (TPSA) is 6.48 Å². The Kier molecular flexibility index (Phi) is 5.48. The van der Waals surface area contributed by atoms with Crippen LogP contribution in [-0.2, 0) is 0 Å². The van der Waals surface area contributed by atoms with Gasteiger partial charge < -0.3 is 0 Å². The zero-order chi connectivity index (χ0) is 14.2. The summed E-state index contributed by atoms with van der Waals surface area (Å²) in [6.45, 7) is 6.51. The number of rotatable bonds is 7.